The zero-order valence-corrected chi connectivity index (χ0v) is 19.5. The van der Waals surface area contributed by atoms with Gasteiger partial charge in [-0.1, -0.05) is 30.7 Å². The van der Waals surface area contributed by atoms with Crippen LogP contribution in [0.25, 0.3) is 0 Å². The Bertz CT molecular complexity index is 1070. The molecule has 178 valence electrons. The summed E-state index contributed by atoms with van der Waals surface area (Å²) in [5.74, 6) is 6.91. The van der Waals surface area contributed by atoms with Crippen molar-refractivity contribution in [3.05, 3.63) is 34.9 Å². The fourth-order valence-electron chi connectivity index (χ4n) is 5.75. The Kier molecular flexibility index (Phi) is 6.40. The highest BCUT2D eigenvalue weighted by atomic mass is 16.2. The van der Waals surface area contributed by atoms with E-state index in [0.717, 1.165) is 37.1 Å². The maximum atomic E-state index is 13.0. The number of carbonyl (C=O) groups excluding carboxylic acids is 4. The van der Waals surface area contributed by atoms with Gasteiger partial charge in [0.15, 0.2) is 0 Å². The first kappa shape index (κ1) is 22.6. The highest BCUT2D eigenvalue weighted by Crippen LogP contribution is 2.30. The number of piperidine rings is 2. The molecule has 1 unspecified atom stereocenters. The van der Waals surface area contributed by atoms with Crippen molar-refractivity contribution in [3.8, 4) is 11.8 Å². The lowest BCUT2D eigenvalue weighted by Gasteiger charge is -2.30. The minimum atomic E-state index is -0.621. The monoisotopic (exact) mass is 461 g/mol. The molecular formula is C27H31N3O4. The summed E-state index contributed by atoms with van der Waals surface area (Å²) in [6.45, 7) is 1.86. The zero-order valence-electron chi connectivity index (χ0n) is 19.5. The molecule has 1 saturated carbocycles. The van der Waals surface area contributed by atoms with Crippen LogP contribution in [0.15, 0.2) is 18.2 Å². The van der Waals surface area contributed by atoms with Gasteiger partial charge < -0.3 is 9.80 Å². The fourth-order valence-corrected chi connectivity index (χ4v) is 5.75. The first-order chi connectivity index (χ1) is 16.5. The number of hydrogen-bond acceptors (Lipinski definition) is 4. The van der Waals surface area contributed by atoms with E-state index >= 15 is 0 Å². The number of nitrogens with zero attached hydrogens (tertiary/aromatic N) is 2. The summed E-state index contributed by atoms with van der Waals surface area (Å²) < 4.78 is 0. The van der Waals surface area contributed by atoms with Crippen molar-refractivity contribution >= 4 is 23.6 Å². The summed E-state index contributed by atoms with van der Waals surface area (Å²) in [5, 5.41) is 2.34. The largest absolute Gasteiger partial charge is 0.343 e. The second kappa shape index (κ2) is 9.61. The van der Waals surface area contributed by atoms with Gasteiger partial charge in [-0.15, -0.1) is 0 Å². The second-order valence-corrected chi connectivity index (χ2v) is 10.0. The van der Waals surface area contributed by atoms with Gasteiger partial charge in [-0.05, 0) is 55.7 Å². The highest BCUT2D eigenvalue weighted by molar-refractivity contribution is 6.05. The molecule has 1 atom stereocenters. The summed E-state index contributed by atoms with van der Waals surface area (Å²) in [6, 6.07) is 4.92. The lowest BCUT2D eigenvalue weighted by Crippen LogP contribution is -2.52. The van der Waals surface area contributed by atoms with Crippen molar-refractivity contribution in [1.29, 1.82) is 0 Å². The average molecular weight is 462 g/mol. The smallest absolute Gasteiger partial charge is 0.255 e. The molecule has 1 aromatic carbocycles. The normalized spacial score (nSPS) is 23.5. The van der Waals surface area contributed by atoms with E-state index in [0.29, 0.717) is 36.8 Å². The van der Waals surface area contributed by atoms with Crippen LogP contribution in [0.3, 0.4) is 0 Å². The predicted octanol–water partition coefficient (Wildman–Crippen LogP) is 2.62. The molecule has 3 aliphatic heterocycles. The Morgan fingerprint density at radius 3 is 2.53 bits per heavy atom. The molecule has 1 aromatic rings. The van der Waals surface area contributed by atoms with E-state index in [4.69, 9.17) is 0 Å². The second-order valence-electron chi connectivity index (χ2n) is 10.0. The quantitative estimate of drug-likeness (QED) is 0.554. The number of fused-ring (bicyclic) bond motifs is 1. The number of imide groups is 1. The molecule has 0 bridgehead atoms. The Balaban J connectivity index is 1.21. The minimum absolute atomic E-state index is 0.178. The number of carbonyl (C=O) groups is 4. The van der Waals surface area contributed by atoms with Crippen molar-refractivity contribution in [3.63, 3.8) is 0 Å². The van der Waals surface area contributed by atoms with Crippen LogP contribution in [-0.2, 0) is 20.9 Å². The molecule has 4 amide bonds. The predicted molar refractivity (Wildman–Crippen MR) is 125 cm³/mol. The number of amides is 4. The highest BCUT2D eigenvalue weighted by Gasteiger charge is 2.39. The van der Waals surface area contributed by atoms with Crippen molar-refractivity contribution in [2.24, 2.45) is 11.8 Å². The van der Waals surface area contributed by atoms with E-state index in [2.05, 4.69) is 17.2 Å². The van der Waals surface area contributed by atoms with E-state index in [-0.39, 0.29) is 24.2 Å². The van der Waals surface area contributed by atoms with Gasteiger partial charge in [0.2, 0.25) is 17.7 Å². The third kappa shape index (κ3) is 4.59. The van der Waals surface area contributed by atoms with Gasteiger partial charge in [0.05, 0.1) is 0 Å². The number of likely N-dealkylation sites (tertiary alicyclic amines) is 1. The lowest BCUT2D eigenvalue weighted by atomic mass is 9.95. The summed E-state index contributed by atoms with van der Waals surface area (Å²) in [6.07, 6.45) is 7.95. The SMILES string of the molecule is O=C1CCC(N2Cc3c(C#CC4CCN(C(=O)CC5CCCC5)CC4)cccc3C2=O)C(=O)N1. The van der Waals surface area contributed by atoms with E-state index < -0.39 is 11.9 Å². The molecule has 3 fully saturated rings. The molecule has 0 aromatic heterocycles. The van der Waals surface area contributed by atoms with Crippen molar-refractivity contribution in [2.75, 3.05) is 13.1 Å². The van der Waals surface area contributed by atoms with Crippen LogP contribution in [0.1, 0.15) is 79.3 Å². The van der Waals surface area contributed by atoms with Crippen molar-refractivity contribution in [2.45, 2.75) is 70.4 Å². The maximum Gasteiger partial charge on any atom is 0.255 e. The van der Waals surface area contributed by atoms with E-state index in [1.54, 1.807) is 11.0 Å². The van der Waals surface area contributed by atoms with Gasteiger partial charge in [0, 0.05) is 49.5 Å². The molecule has 1 N–H and O–H groups in total. The van der Waals surface area contributed by atoms with E-state index in [1.165, 1.54) is 25.7 Å². The van der Waals surface area contributed by atoms with Crippen LogP contribution in [0.4, 0.5) is 0 Å². The summed E-state index contributed by atoms with van der Waals surface area (Å²) in [7, 11) is 0. The molecule has 3 heterocycles. The van der Waals surface area contributed by atoms with Gasteiger partial charge in [0.25, 0.3) is 5.91 Å². The third-order valence-corrected chi connectivity index (χ3v) is 7.78. The van der Waals surface area contributed by atoms with Crippen LogP contribution in [0.2, 0.25) is 0 Å². The molecule has 34 heavy (non-hydrogen) atoms. The van der Waals surface area contributed by atoms with Crippen molar-refractivity contribution in [1.82, 2.24) is 15.1 Å². The molecule has 0 spiro atoms. The third-order valence-electron chi connectivity index (χ3n) is 7.78. The Hall–Kier alpha value is -3.14. The average Bonchev–Trinajstić information content (AvgIpc) is 3.46. The Morgan fingerprint density at radius 1 is 1.03 bits per heavy atom. The Labute approximate surface area is 200 Å². The fraction of sp³-hybridized carbons (Fsp3) is 0.556. The van der Waals surface area contributed by atoms with E-state index in [9.17, 15) is 19.2 Å². The van der Waals surface area contributed by atoms with Crippen LogP contribution >= 0.6 is 0 Å². The molecular weight excluding hydrogens is 430 g/mol. The molecule has 1 aliphatic carbocycles. The van der Waals surface area contributed by atoms with Crippen molar-refractivity contribution < 1.29 is 19.2 Å². The summed E-state index contributed by atoms with van der Waals surface area (Å²) in [4.78, 5) is 52.9. The van der Waals surface area contributed by atoms with Gasteiger partial charge in [0.1, 0.15) is 6.04 Å². The number of hydrogen-bond donors (Lipinski definition) is 1. The Morgan fingerprint density at radius 2 is 1.79 bits per heavy atom. The topological polar surface area (TPSA) is 86.8 Å². The van der Waals surface area contributed by atoms with Gasteiger partial charge >= 0.3 is 0 Å². The van der Waals surface area contributed by atoms with Gasteiger partial charge in [-0.2, -0.15) is 0 Å². The molecule has 7 heteroatoms. The van der Waals surface area contributed by atoms with Crippen LogP contribution in [-0.4, -0.2) is 52.6 Å². The molecule has 4 aliphatic rings. The lowest BCUT2D eigenvalue weighted by molar-refractivity contribution is -0.137. The zero-order chi connectivity index (χ0) is 23.7. The van der Waals surface area contributed by atoms with Gasteiger partial charge in [-0.3, -0.25) is 24.5 Å². The van der Waals surface area contributed by atoms with Crippen LogP contribution < -0.4 is 5.32 Å². The standard InChI is InChI=1S/C27H31N3O4/c31-24-11-10-23(26(33)28-24)30-17-22-20(6-3-7-21(22)27(30)34)9-8-18-12-14-29(15-13-18)25(32)16-19-4-1-2-5-19/h3,6-7,18-19,23H,1-2,4-5,10-17H2,(H,28,31,33). The van der Waals surface area contributed by atoms with Crippen LogP contribution in [0, 0.1) is 23.7 Å². The van der Waals surface area contributed by atoms with Gasteiger partial charge in [-0.25, -0.2) is 0 Å². The molecule has 2 saturated heterocycles. The van der Waals surface area contributed by atoms with Crippen LogP contribution in [0.5, 0.6) is 0 Å². The molecule has 7 nitrogen and oxygen atoms in total. The minimum Gasteiger partial charge on any atom is -0.343 e. The maximum absolute atomic E-state index is 13.0. The molecule has 5 rings (SSSR count). The summed E-state index contributed by atoms with van der Waals surface area (Å²) >= 11 is 0. The number of nitrogens with one attached hydrogen (secondary N) is 1. The summed E-state index contributed by atoms with van der Waals surface area (Å²) in [5.41, 5.74) is 2.26. The first-order valence-electron chi connectivity index (χ1n) is 12.6. The molecule has 0 radical (unpaired) electrons. The number of benzene rings is 1. The number of rotatable bonds is 3. The van der Waals surface area contributed by atoms with E-state index in [1.807, 2.05) is 17.0 Å². The first-order valence-corrected chi connectivity index (χ1v) is 12.6.